The van der Waals surface area contributed by atoms with Gasteiger partial charge < -0.3 is 16.2 Å². The maximum absolute atomic E-state index is 5.99. The molecule has 0 aromatic heterocycles. The minimum absolute atomic E-state index is 0. The van der Waals surface area contributed by atoms with E-state index >= 15 is 0 Å². The average molecular weight is 264 g/mol. The summed E-state index contributed by atoms with van der Waals surface area (Å²) in [5.74, 6) is 0.701. The zero-order valence-electron chi connectivity index (χ0n) is 10.5. The summed E-state index contributed by atoms with van der Waals surface area (Å²) in [6.07, 6.45) is 6.46. The first-order valence-electron chi connectivity index (χ1n) is 6.62. The van der Waals surface area contributed by atoms with Crippen LogP contribution in [0, 0.1) is 5.92 Å². The molecule has 1 aliphatic heterocycles. The van der Waals surface area contributed by atoms with Crippen LogP contribution >= 0.6 is 12.4 Å². The number of nitrogens with zero attached hydrogens (tertiary/aromatic N) is 1. The lowest BCUT2D eigenvalue weighted by atomic mass is 9.82. The molecular weight excluding hydrogens is 238 g/mol. The van der Waals surface area contributed by atoms with E-state index in [0.29, 0.717) is 12.0 Å². The molecule has 1 saturated heterocycles. The highest BCUT2D eigenvalue weighted by Gasteiger charge is 2.32. The van der Waals surface area contributed by atoms with Gasteiger partial charge in [0.1, 0.15) is 0 Å². The van der Waals surface area contributed by atoms with Crippen LogP contribution in [-0.2, 0) is 4.74 Å². The fourth-order valence-corrected chi connectivity index (χ4v) is 3.21. The molecule has 2 rings (SSSR count). The molecule has 0 bridgehead atoms. The van der Waals surface area contributed by atoms with Gasteiger partial charge in [-0.2, -0.15) is 0 Å². The van der Waals surface area contributed by atoms with Crippen molar-refractivity contribution in [3.8, 4) is 0 Å². The molecule has 0 radical (unpaired) electrons. The number of rotatable bonds is 3. The average Bonchev–Trinajstić information content (AvgIpc) is 2.31. The van der Waals surface area contributed by atoms with Crippen molar-refractivity contribution in [1.82, 2.24) is 4.90 Å². The highest BCUT2D eigenvalue weighted by atomic mass is 35.5. The topological polar surface area (TPSA) is 64.5 Å². The number of hydrogen-bond acceptors (Lipinski definition) is 4. The Kier molecular flexibility index (Phi) is 6.74. The first-order valence-corrected chi connectivity index (χ1v) is 6.62. The van der Waals surface area contributed by atoms with Gasteiger partial charge in [-0.05, 0) is 18.8 Å². The van der Waals surface area contributed by atoms with Crippen molar-refractivity contribution in [2.45, 2.75) is 44.3 Å². The number of hydrogen-bond donors (Lipinski definition) is 2. The Hall–Kier alpha value is 0.130. The predicted molar refractivity (Wildman–Crippen MR) is 72.2 cm³/mol. The van der Waals surface area contributed by atoms with Gasteiger partial charge in [0.15, 0.2) is 0 Å². The normalized spacial score (nSPS) is 25.6. The van der Waals surface area contributed by atoms with Gasteiger partial charge in [0.2, 0.25) is 0 Å². The molecule has 2 fully saturated rings. The van der Waals surface area contributed by atoms with Crippen LogP contribution in [-0.4, -0.2) is 43.4 Å². The van der Waals surface area contributed by atoms with Crippen LogP contribution in [0.2, 0.25) is 0 Å². The molecule has 17 heavy (non-hydrogen) atoms. The molecule has 0 amide bonds. The Morgan fingerprint density at radius 2 is 1.59 bits per heavy atom. The highest BCUT2D eigenvalue weighted by Crippen LogP contribution is 2.29. The van der Waals surface area contributed by atoms with E-state index in [2.05, 4.69) is 4.90 Å². The second kappa shape index (κ2) is 7.54. The third kappa shape index (κ3) is 4.07. The van der Waals surface area contributed by atoms with Crippen LogP contribution in [0.5, 0.6) is 0 Å². The zero-order valence-corrected chi connectivity index (χ0v) is 11.3. The van der Waals surface area contributed by atoms with Crippen LogP contribution in [0.25, 0.3) is 0 Å². The fourth-order valence-electron chi connectivity index (χ4n) is 3.21. The van der Waals surface area contributed by atoms with Crippen LogP contribution in [0.3, 0.4) is 0 Å². The molecule has 2 aliphatic rings. The third-order valence-electron chi connectivity index (χ3n) is 3.99. The lowest BCUT2D eigenvalue weighted by Gasteiger charge is -2.42. The lowest BCUT2D eigenvalue weighted by molar-refractivity contribution is -0.00899. The van der Waals surface area contributed by atoms with E-state index in [4.69, 9.17) is 16.2 Å². The first-order chi connectivity index (χ1) is 7.79. The van der Waals surface area contributed by atoms with Crippen molar-refractivity contribution in [3.63, 3.8) is 0 Å². The van der Waals surface area contributed by atoms with Crippen molar-refractivity contribution in [2.24, 2.45) is 17.4 Å². The van der Waals surface area contributed by atoms with E-state index in [1.807, 2.05) is 0 Å². The minimum atomic E-state index is -0.207. The SMILES string of the molecule is Cl.NC(N)C(C1CCCCC1)N1CCOCC1. The summed E-state index contributed by atoms with van der Waals surface area (Å²) >= 11 is 0. The molecule has 102 valence electrons. The van der Waals surface area contributed by atoms with Crippen molar-refractivity contribution in [3.05, 3.63) is 0 Å². The minimum Gasteiger partial charge on any atom is -0.379 e. The molecule has 4 N–H and O–H groups in total. The van der Waals surface area contributed by atoms with Crippen LogP contribution in [0.4, 0.5) is 0 Å². The van der Waals surface area contributed by atoms with E-state index in [9.17, 15) is 0 Å². The van der Waals surface area contributed by atoms with Crippen LogP contribution in [0.1, 0.15) is 32.1 Å². The third-order valence-corrected chi connectivity index (χ3v) is 3.99. The van der Waals surface area contributed by atoms with Crippen molar-refractivity contribution < 1.29 is 4.74 Å². The largest absolute Gasteiger partial charge is 0.379 e. The molecule has 0 aromatic rings. The van der Waals surface area contributed by atoms with E-state index < -0.39 is 0 Å². The van der Waals surface area contributed by atoms with Gasteiger partial charge in [-0.1, -0.05) is 19.3 Å². The number of nitrogens with two attached hydrogens (primary N) is 2. The smallest absolute Gasteiger partial charge is 0.0684 e. The van der Waals surface area contributed by atoms with E-state index in [1.165, 1.54) is 32.1 Å². The van der Waals surface area contributed by atoms with Gasteiger partial charge in [0.05, 0.1) is 19.4 Å². The fraction of sp³-hybridized carbons (Fsp3) is 1.00. The van der Waals surface area contributed by atoms with Gasteiger partial charge >= 0.3 is 0 Å². The number of halogens is 1. The standard InChI is InChI=1S/C12H25N3O.ClH/c13-12(14)11(10-4-2-1-3-5-10)15-6-8-16-9-7-15;/h10-12H,1-9,13-14H2;1H. The van der Waals surface area contributed by atoms with Crippen LogP contribution in [0.15, 0.2) is 0 Å². The van der Waals surface area contributed by atoms with Crippen molar-refractivity contribution in [2.75, 3.05) is 26.3 Å². The van der Waals surface area contributed by atoms with Gasteiger partial charge in [0, 0.05) is 19.1 Å². The maximum Gasteiger partial charge on any atom is 0.0684 e. The summed E-state index contributed by atoms with van der Waals surface area (Å²) in [6.45, 7) is 3.64. The Morgan fingerprint density at radius 1 is 1.00 bits per heavy atom. The molecule has 5 heteroatoms. The van der Waals surface area contributed by atoms with E-state index in [1.54, 1.807) is 0 Å². The Bertz CT molecular complexity index is 186. The quantitative estimate of drug-likeness (QED) is 0.744. The molecule has 0 aromatic carbocycles. The molecule has 1 unspecified atom stereocenters. The second-order valence-electron chi connectivity index (χ2n) is 5.11. The van der Waals surface area contributed by atoms with Gasteiger partial charge in [0.25, 0.3) is 0 Å². The summed E-state index contributed by atoms with van der Waals surface area (Å²) in [4.78, 5) is 2.45. The molecule has 0 spiro atoms. The van der Waals surface area contributed by atoms with Gasteiger partial charge in [-0.15, -0.1) is 12.4 Å². The molecule has 4 nitrogen and oxygen atoms in total. The summed E-state index contributed by atoms with van der Waals surface area (Å²) in [6, 6.07) is 0.365. The molecule has 1 atom stereocenters. The first kappa shape index (κ1) is 15.2. The zero-order chi connectivity index (χ0) is 11.4. The summed E-state index contributed by atoms with van der Waals surface area (Å²) < 4.78 is 5.39. The number of morpholine rings is 1. The van der Waals surface area contributed by atoms with E-state index in [-0.39, 0.29) is 18.6 Å². The van der Waals surface area contributed by atoms with Crippen LogP contribution < -0.4 is 11.5 Å². The van der Waals surface area contributed by atoms with Crippen molar-refractivity contribution in [1.29, 1.82) is 0 Å². The predicted octanol–water partition coefficient (Wildman–Crippen LogP) is 0.933. The van der Waals surface area contributed by atoms with Gasteiger partial charge in [-0.25, -0.2) is 0 Å². The Balaban J connectivity index is 0.00000144. The summed E-state index contributed by atoms with van der Waals surface area (Å²) in [7, 11) is 0. The monoisotopic (exact) mass is 263 g/mol. The summed E-state index contributed by atoms with van der Waals surface area (Å²) in [5, 5.41) is 0. The number of ether oxygens (including phenoxy) is 1. The molecule has 1 saturated carbocycles. The van der Waals surface area contributed by atoms with Gasteiger partial charge in [-0.3, -0.25) is 4.90 Å². The molecule has 1 aliphatic carbocycles. The highest BCUT2D eigenvalue weighted by molar-refractivity contribution is 5.85. The molecular formula is C12H26ClN3O. The summed E-state index contributed by atoms with van der Waals surface area (Å²) in [5.41, 5.74) is 12.0. The lowest BCUT2D eigenvalue weighted by Crippen LogP contribution is -2.59. The van der Waals surface area contributed by atoms with E-state index in [0.717, 1.165) is 26.3 Å². The Morgan fingerprint density at radius 3 is 2.12 bits per heavy atom. The van der Waals surface area contributed by atoms with Crippen molar-refractivity contribution >= 4 is 12.4 Å². The molecule has 1 heterocycles. The second-order valence-corrected chi connectivity index (χ2v) is 5.11. The maximum atomic E-state index is 5.99. The Labute approximate surface area is 110 Å².